The minimum absolute atomic E-state index is 0.0110. The van der Waals surface area contributed by atoms with Crippen LogP contribution < -0.4 is 14.8 Å². The summed E-state index contributed by atoms with van der Waals surface area (Å²) in [4.78, 5) is 12.9. The number of methoxy groups -OCH3 is 1. The zero-order valence-electron chi connectivity index (χ0n) is 17.2. The fourth-order valence-corrected chi connectivity index (χ4v) is 4.58. The molecule has 29 heavy (non-hydrogen) atoms. The summed E-state index contributed by atoms with van der Waals surface area (Å²) in [5, 5.41) is 3.20. The predicted octanol–water partition coefficient (Wildman–Crippen LogP) is 3.84. The highest BCUT2D eigenvalue weighted by molar-refractivity contribution is 7.89. The molecule has 6 nitrogen and oxygen atoms in total. The molecule has 2 aromatic rings. The molecule has 2 atom stereocenters. The molecule has 2 aromatic carbocycles. The smallest absolute Gasteiger partial charge is 0.241 e. The van der Waals surface area contributed by atoms with E-state index in [1.54, 1.807) is 33.1 Å². The van der Waals surface area contributed by atoms with Crippen LogP contribution in [0.2, 0.25) is 5.02 Å². The van der Waals surface area contributed by atoms with Crippen LogP contribution in [0.15, 0.2) is 47.4 Å². The highest BCUT2D eigenvalue weighted by Gasteiger charge is 2.29. The lowest BCUT2D eigenvalue weighted by atomic mass is 10.0. The van der Waals surface area contributed by atoms with Gasteiger partial charge in [0, 0.05) is 10.6 Å². The molecule has 0 aliphatic heterocycles. The second kappa shape index (κ2) is 9.61. The highest BCUT2D eigenvalue weighted by atomic mass is 35.5. The molecule has 8 heteroatoms. The number of hydrogen-bond acceptors (Lipinski definition) is 4. The number of halogens is 1. The Bertz CT molecular complexity index is 976. The van der Waals surface area contributed by atoms with Crippen LogP contribution in [0, 0.1) is 12.8 Å². The Morgan fingerprint density at radius 1 is 1.10 bits per heavy atom. The van der Waals surface area contributed by atoms with Gasteiger partial charge >= 0.3 is 0 Å². The van der Waals surface area contributed by atoms with E-state index in [1.165, 1.54) is 12.1 Å². The van der Waals surface area contributed by atoms with Gasteiger partial charge in [0.15, 0.2) is 0 Å². The molecule has 0 spiro atoms. The van der Waals surface area contributed by atoms with Crippen molar-refractivity contribution in [1.29, 1.82) is 0 Å². The van der Waals surface area contributed by atoms with E-state index in [0.717, 1.165) is 11.1 Å². The first-order valence-corrected chi connectivity index (χ1v) is 11.1. The van der Waals surface area contributed by atoms with Crippen molar-refractivity contribution in [3.05, 3.63) is 58.6 Å². The fraction of sp³-hybridized carbons (Fsp3) is 0.381. The predicted molar refractivity (Wildman–Crippen MR) is 115 cm³/mol. The van der Waals surface area contributed by atoms with Gasteiger partial charge in [-0.15, -0.1) is 0 Å². The number of ether oxygens (including phenoxy) is 1. The largest absolute Gasteiger partial charge is 0.496 e. The molecule has 0 heterocycles. The summed E-state index contributed by atoms with van der Waals surface area (Å²) in [5.41, 5.74) is 1.85. The number of hydrogen-bond donors (Lipinski definition) is 2. The Hall–Kier alpha value is -2.09. The molecule has 0 radical (unpaired) electrons. The molecular weight excluding hydrogens is 412 g/mol. The van der Waals surface area contributed by atoms with Gasteiger partial charge in [-0.05, 0) is 44.0 Å². The molecule has 0 saturated heterocycles. The van der Waals surface area contributed by atoms with Gasteiger partial charge in [0.25, 0.3) is 0 Å². The summed E-state index contributed by atoms with van der Waals surface area (Å²) in [6, 6.07) is 10.3. The van der Waals surface area contributed by atoms with Crippen LogP contribution in [-0.2, 0) is 14.8 Å². The third-order valence-electron chi connectivity index (χ3n) is 4.55. The van der Waals surface area contributed by atoms with E-state index in [0.29, 0.717) is 10.8 Å². The zero-order valence-corrected chi connectivity index (χ0v) is 18.8. The van der Waals surface area contributed by atoms with E-state index in [-0.39, 0.29) is 16.9 Å². The number of aryl methyl sites for hydroxylation is 1. The first-order valence-electron chi connectivity index (χ1n) is 9.28. The molecule has 1 amide bonds. The Kier molecular flexibility index (Phi) is 7.68. The summed E-state index contributed by atoms with van der Waals surface area (Å²) in [6.07, 6.45) is 0. The first kappa shape index (κ1) is 23.2. The molecule has 0 aliphatic rings. The molecule has 158 valence electrons. The molecule has 0 saturated carbocycles. The lowest BCUT2D eigenvalue weighted by molar-refractivity contribution is -0.124. The van der Waals surface area contributed by atoms with Crippen molar-refractivity contribution in [2.75, 3.05) is 7.11 Å². The second-order valence-corrected chi connectivity index (χ2v) is 9.43. The molecular formula is C21H27ClN2O4S. The minimum Gasteiger partial charge on any atom is -0.496 e. The van der Waals surface area contributed by atoms with Crippen LogP contribution in [0.3, 0.4) is 0 Å². The van der Waals surface area contributed by atoms with Gasteiger partial charge in [0.2, 0.25) is 15.9 Å². The normalized spacial score (nSPS) is 13.8. The number of benzene rings is 2. The van der Waals surface area contributed by atoms with Gasteiger partial charge in [-0.25, -0.2) is 8.42 Å². The Morgan fingerprint density at radius 2 is 1.79 bits per heavy atom. The standard InChI is InChI=1S/C21H27ClN2O4S/c1-13(2)20(24-29(26,27)17-8-6-7-16(22)12-17)21(25)23-15(4)18-11-14(3)9-10-19(18)28-5/h6-13,15,20,24H,1-5H3,(H,23,25)/t15-,20+/m1/s1. The van der Waals surface area contributed by atoms with Gasteiger partial charge in [0.1, 0.15) is 11.8 Å². The van der Waals surface area contributed by atoms with E-state index in [1.807, 2.05) is 32.0 Å². The molecule has 0 aromatic heterocycles. The van der Waals surface area contributed by atoms with Crippen LogP contribution >= 0.6 is 11.6 Å². The van der Waals surface area contributed by atoms with Crippen molar-refractivity contribution in [3.63, 3.8) is 0 Å². The van der Waals surface area contributed by atoms with Crippen molar-refractivity contribution in [2.45, 2.75) is 44.7 Å². The molecule has 2 rings (SSSR count). The third kappa shape index (κ3) is 5.95. The molecule has 0 aliphatic carbocycles. The van der Waals surface area contributed by atoms with Gasteiger partial charge in [-0.3, -0.25) is 4.79 Å². The van der Waals surface area contributed by atoms with Crippen LogP contribution in [0.4, 0.5) is 0 Å². The summed E-state index contributed by atoms with van der Waals surface area (Å²) >= 11 is 5.91. The van der Waals surface area contributed by atoms with Crippen LogP contribution in [0.25, 0.3) is 0 Å². The number of nitrogens with one attached hydrogen (secondary N) is 2. The van der Waals surface area contributed by atoms with Crippen LogP contribution in [-0.4, -0.2) is 27.5 Å². The quantitative estimate of drug-likeness (QED) is 0.655. The van der Waals surface area contributed by atoms with Crippen molar-refractivity contribution in [2.24, 2.45) is 5.92 Å². The summed E-state index contributed by atoms with van der Waals surface area (Å²) in [7, 11) is -2.34. The number of carbonyl (C=O) groups excluding carboxylic acids is 1. The average Bonchev–Trinajstić information content (AvgIpc) is 2.65. The van der Waals surface area contributed by atoms with E-state index >= 15 is 0 Å². The van der Waals surface area contributed by atoms with Crippen molar-refractivity contribution >= 4 is 27.5 Å². The summed E-state index contributed by atoms with van der Waals surface area (Å²) < 4.78 is 33.4. The van der Waals surface area contributed by atoms with E-state index in [9.17, 15) is 13.2 Å². The number of carbonyl (C=O) groups is 1. The molecule has 0 bridgehead atoms. The topological polar surface area (TPSA) is 84.5 Å². The van der Waals surface area contributed by atoms with Crippen molar-refractivity contribution in [1.82, 2.24) is 10.0 Å². The van der Waals surface area contributed by atoms with E-state index < -0.39 is 22.0 Å². The average molecular weight is 439 g/mol. The molecule has 0 fully saturated rings. The van der Waals surface area contributed by atoms with Gasteiger partial charge in [-0.1, -0.05) is 49.2 Å². The summed E-state index contributed by atoms with van der Waals surface area (Å²) in [6.45, 7) is 7.34. The maximum atomic E-state index is 12.9. The summed E-state index contributed by atoms with van der Waals surface area (Å²) in [5.74, 6) is -0.0266. The third-order valence-corrected chi connectivity index (χ3v) is 6.22. The lowest BCUT2D eigenvalue weighted by Gasteiger charge is -2.25. The van der Waals surface area contributed by atoms with Gasteiger partial charge < -0.3 is 10.1 Å². The van der Waals surface area contributed by atoms with Gasteiger partial charge in [-0.2, -0.15) is 4.72 Å². The number of sulfonamides is 1. The highest BCUT2D eigenvalue weighted by Crippen LogP contribution is 2.26. The molecule has 2 N–H and O–H groups in total. The lowest BCUT2D eigenvalue weighted by Crippen LogP contribution is -2.50. The monoisotopic (exact) mass is 438 g/mol. The van der Waals surface area contributed by atoms with Crippen molar-refractivity contribution in [3.8, 4) is 5.75 Å². The second-order valence-electron chi connectivity index (χ2n) is 7.28. The van der Waals surface area contributed by atoms with E-state index in [4.69, 9.17) is 16.3 Å². The molecule has 0 unspecified atom stereocenters. The number of amides is 1. The van der Waals surface area contributed by atoms with Crippen LogP contribution in [0.1, 0.15) is 37.9 Å². The van der Waals surface area contributed by atoms with Crippen molar-refractivity contribution < 1.29 is 17.9 Å². The first-order chi connectivity index (χ1) is 13.5. The maximum Gasteiger partial charge on any atom is 0.241 e. The SMILES string of the molecule is COc1ccc(C)cc1[C@@H](C)NC(=O)[C@@H](NS(=O)(=O)c1cccc(Cl)c1)C(C)C. The number of rotatable bonds is 8. The zero-order chi connectivity index (χ0) is 21.8. The Morgan fingerprint density at radius 3 is 2.38 bits per heavy atom. The van der Waals surface area contributed by atoms with E-state index in [2.05, 4.69) is 10.0 Å². The van der Waals surface area contributed by atoms with Gasteiger partial charge in [0.05, 0.1) is 18.0 Å². The minimum atomic E-state index is -3.91. The fourth-order valence-electron chi connectivity index (χ4n) is 2.93. The Balaban J connectivity index is 2.23. The Labute approximate surface area is 177 Å². The maximum absolute atomic E-state index is 12.9. The van der Waals surface area contributed by atoms with Crippen LogP contribution in [0.5, 0.6) is 5.75 Å².